The molecule has 0 unspecified atom stereocenters. The van der Waals surface area contributed by atoms with Crippen LogP contribution >= 0.6 is 0 Å². The van der Waals surface area contributed by atoms with Crippen LogP contribution in [0.25, 0.3) is 0 Å². The van der Waals surface area contributed by atoms with Gasteiger partial charge < -0.3 is 9.84 Å². The number of esters is 1. The van der Waals surface area contributed by atoms with Gasteiger partial charge in [-0.3, -0.25) is 0 Å². The van der Waals surface area contributed by atoms with Crippen molar-refractivity contribution in [2.45, 2.75) is 58.3 Å². The third kappa shape index (κ3) is 13.1. The molecule has 1 N–H and O–H groups in total. The molecule has 0 aliphatic heterocycles. The number of carbonyl (C=O) groups is 1. The van der Waals surface area contributed by atoms with E-state index in [1.165, 1.54) is 38.2 Å². The molecule has 3 nitrogen and oxygen atoms in total. The Morgan fingerprint density at radius 1 is 1.12 bits per heavy atom. The second kappa shape index (κ2) is 13.2. The number of unbranched alkanes of at least 4 members (excludes halogenated alkanes) is 6. The van der Waals surface area contributed by atoms with E-state index in [1.54, 1.807) is 0 Å². The molecule has 0 saturated carbocycles. The smallest absolute Gasteiger partial charge is 0.330 e. The summed E-state index contributed by atoms with van der Waals surface area (Å²) in [5.41, 5.74) is 0. The molecule has 0 radical (unpaired) electrons. The molecule has 0 rings (SSSR count). The summed E-state index contributed by atoms with van der Waals surface area (Å²) in [6, 6.07) is 0. The highest BCUT2D eigenvalue weighted by atomic mass is 16.5. The van der Waals surface area contributed by atoms with Crippen molar-refractivity contribution in [1.82, 2.24) is 0 Å². The predicted octanol–water partition coefficient (Wildman–Crippen LogP) is 3.22. The average Bonchev–Trinajstić information content (AvgIpc) is 2.33. The molecule has 0 bridgehead atoms. The van der Waals surface area contributed by atoms with Gasteiger partial charge >= 0.3 is 5.97 Å². The monoisotopic (exact) mass is 242 g/mol. The van der Waals surface area contributed by atoms with Crippen LogP contribution in [0.4, 0.5) is 0 Å². The molecule has 0 aliphatic carbocycles. The van der Waals surface area contributed by atoms with Crippen LogP contribution in [-0.4, -0.2) is 24.3 Å². The van der Waals surface area contributed by atoms with Crippen LogP contribution in [0.3, 0.4) is 0 Å². The zero-order valence-electron chi connectivity index (χ0n) is 11.0. The lowest BCUT2D eigenvalue weighted by molar-refractivity contribution is -0.138. The van der Waals surface area contributed by atoms with Crippen molar-refractivity contribution in [1.29, 1.82) is 0 Å². The molecule has 17 heavy (non-hydrogen) atoms. The molecule has 0 aromatic heterocycles. The predicted molar refractivity (Wildman–Crippen MR) is 69.8 cm³/mol. The van der Waals surface area contributed by atoms with Gasteiger partial charge in [-0.1, -0.05) is 45.1 Å². The summed E-state index contributed by atoms with van der Waals surface area (Å²) in [6.45, 7) is 2.58. The van der Waals surface area contributed by atoms with E-state index in [4.69, 9.17) is 9.84 Å². The molecule has 0 fully saturated rings. The standard InChI is InChI=1S/C14H26O3/c1-2-3-4-5-6-7-8-9-11-14(16)17-13-10-12-15/h9,11,15H,2-8,10,12-13H2,1H3. The quantitative estimate of drug-likeness (QED) is 0.344. The van der Waals surface area contributed by atoms with Gasteiger partial charge in [0.25, 0.3) is 0 Å². The number of allylic oxidation sites excluding steroid dienone is 1. The maximum atomic E-state index is 11.1. The van der Waals surface area contributed by atoms with Crippen molar-refractivity contribution >= 4 is 5.97 Å². The molecule has 0 aromatic carbocycles. The minimum absolute atomic E-state index is 0.0642. The summed E-state index contributed by atoms with van der Waals surface area (Å²) in [7, 11) is 0. The van der Waals surface area contributed by atoms with E-state index < -0.39 is 0 Å². The maximum Gasteiger partial charge on any atom is 0.330 e. The fraction of sp³-hybridized carbons (Fsp3) is 0.786. The first-order chi connectivity index (χ1) is 8.31. The lowest BCUT2D eigenvalue weighted by Gasteiger charge is -1.99. The van der Waals surface area contributed by atoms with E-state index in [-0.39, 0.29) is 12.6 Å². The molecule has 0 saturated heterocycles. The third-order valence-corrected chi connectivity index (χ3v) is 2.53. The summed E-state index contributed by atoms with van der Waals surface area (Å²) in [4.78, 5) is 11.1. The van der Waals surface area contributed by atoms with Gasteiger partial charge in [-0.2, -0.15) is 0 Å². The summed E-state index contributed by atoms with van der Waals surface area (Å²) in [6.07, 6.45) is 12.4. The van der Waals surface area contributed by atoms with Crippen LogP contribution in [0.1, 0.15) is 58.3 Å². The van der Waals surface area contributed by atoms with Gasteiger partial charge in [0.05, 0.1) is 6.61 Å². The maximum absolute atomic E-state index is 11.1. The average molecular weight is 242 g/mol. The third-order valence-electron chi connectivity index (χ3n) is 2.53. The zero-order valence-corrected chi connectivity index (χ0v) is 11.0. The number of hydrogen-bond donors (Lipinski definition) is 1. The fourth-order valence-electron chi connectivity index (χ4n) is 1.51. The molecular formula is C14H26O3. The van der Waals surface area contributed by atoms with E-state index in [9.17, 15) is 4.79 Å². The lowest BCUT2D eigenvalue weighted by atomic mass is 10.1. The highest BCUT2D eigenvalue weighted by Crippen LogP contribution is 2.07. The summed E-state index contributed by atoms with van der Waals surface area (Å²) < 4.78 is 4.86. The van der Waals surface area contributed by atoms with Crippen LogP contribution in [0.5, 0.6) is 0 Å². The molecule has 0 atom stereocenters. The number of carbonyl (C=O) groups excluding carboxylic acids is 1. The fourth-order valence-corrected chi connectivity index (χ4v) is 1.51. The topological polar surface area (TPSA) is 46.5 Å². The van der Waals surface area contributed by atoms with Gasteiger partial charge in [0.2, 0.25) is 0 Å². The number of rotatable bonds is 11. The number of aliphatic hydroxyl groups is 1. The zero-order chi connectivity index (χ0) is 12.8. The Bertz CT molecular complexity index is 200. The van der Waals surface area contributed by atoms with Crippen LogP contribution in [0, 0.1) is 0 Å². The summed E-state index contributed by atoms with van der Waals surface area (Å²) in [5, 5.41) is 8.50. The Morgan fingerprint density at radius 3 is 2.53 bits per heavy atom. The Labute approximate surface area is 105 Å². The molecule has 100 valence electrons. The van der Waals surface area contributed by atoms with E-state index in [0.29, 0.717) is 13.0 Å². The van der Waals surface area contributed by atoms with Crippen molar-refractivity contribution in [3.8, 4) is 0 Å². The van der Waals surface area contributed by atoms with Crippen molar-refractivity contribution in [3.63, 3.8) is 0 Å². The SMILES string of the molecule is CCCCCCCCC=CC(=O)OCCCO. The first-order valence-corrected chi connectivity index (χ1v) is 6.75. The molecule has 0 spiro atoms. The molecule has 0 aliphatic rings. The Balaban J connectivity index is 3.25. The molecule has 0 heterocycles. The van der Waals surface area contributed by atoms with E-state index >= 15 is 0 Å². The van der Waals surface area contributed by atoms with Crippen molar-refractivity contribution in [2.75, 3.05) is 13.2 Å². The summed E-state index contributed by atoms with van der Waals surface area (Å²) >= 11 is 0. The molecule has 3 heteroatoms. The van der Waals surface area contributed by atoms with E-state index in [0.717, 1.165) is 12.8 Å². The lowest BCUT2D eigenvalue weighted by Crippen LogP contribution is -2.03. The van der Waals surface area contributed by atoms with Gasteiger partial charge in [-0.15, -0.1) is 0 Å². The van der Waals surface area contributed by atoms with E-state index in [1.807, 2.05) is 6.08 Å². The van der Waals surface area contributed by atoms with Crippen molar-refractivity contribution in [2.24, 2.45) is 0 Å². The van der Waals surface area contributed by atoms with Crippen LogP contribution < -0.4 is 0 Å². The minimum Gasteiger partial charge on any atom is -0.462 e. The van der Waals surface area contributed by atoms with Crippen LogP contribution in [0.2, 0.25) is 0 Å². The Morgan fingerprint density at radius 2 is 1.82 bits per heavy atom. The largest absolute Gasteiger partial charge is 0.462 e. The van der Waals surface area contributed by atoms with Gasteiger partial charge in [0, 0.05) is 19.1 Å². The second-order valence-corrected chi connectivity index (χ2v) is 4.20. The molecular weight excluding hydrogens is 216 g/mol. The minimum atomic E-state index is -0.301. The van der Waals surface area contributed by atoms with Crippen molar-refractivity contribution < 1.29 is 14.6 Å². The van der Waals surface area contributed by atoms with Gasteiger partial charge in [0.15, 0.2) is 0 Å². The van der Waals surface area contributed by atoms with Crippen LogP contribution in [-0.2, 0) is 9.53 Å². The highest BCUT2D eigenvalue weighted by Gasteiger charge is 1.95. The van der Waals surface area contributed by atoms with E-state index in [2.05, 4.69) is 6.92 Å². The van der Waals surface area contributed by atoms with Crippen LogP contribution in [0.15, 0.2) is 12.2 Å². The highest BCUT2D eigenvalue weighted by molar-refractivity contribution is 5.81. The van der Waals surface area contributed by atoms with Gasteiger partial charge in [-0.25, -0.2) is 4.79 Å². The number of ether oxygens (including phenoxy) is 1. The Kier molecular flexibility index (Phi) is 12.6. The molecule has 0 amide bonds. The van der Waals surface area contributed by atoms with Crippen molar-refractivity contribution in [3.05, 3.63) is 12.2 Å². The first kappa shape index (κ1) is 16.2. The number of hydrogen-bond acceptors (Lipinski definition) is 3. The Hall–Kier alpha value is -0.830. The first-order valence-electron chi connectivity index (χ1n) is 6.75. The summed E-state index contributed by atoms with van der Waals surface area (Å²) in [5.74, 6) is -0.301. The van der Waals surface area contributed by atoms with Gasteiger partial charge in [-0.05, 0) is 12.8 Å². The van der Waals surface area contributed by atoms with Gasteiger partial charge in [0.1, 0.15) is 0 Å². The second-order valence-electron chi connectivity index (χ2n) is 4.20. The number of aliphatic hydroxyl groups excluding tert-OH is 1. The molecule has 0 aromatic rings. The normalized spacial score (nSPS) is 10.9.